The first-order valence-electron chi connectivity index (χ1n) is 5.84. The Hall–Kier alpha value is -0.430. The molecule has 0 bridgehead atoms. The zero-order chi connectivity index (χ0) is 16.9. The van der Waals surface area contributed by atoms with Crippen LogP contribution >= 0.6 is 46.4 Å². The van der Waals surface area contributed by atoms with Gasteiger partial charge in [0, 0.05) is 10.0 Å². The molecule has 0 radical (unpaired) electrons. The van der Waals surface area contributed by atoms with E-state index in [9.17, 15) is 0 Å². The summed E-state index contributed by atoms with van der Waals surface area (Å²) in [6.07, 6.45) is 0. The SMILES string of the molecule is OB(O)c1cc(Cl)cc(Cl)c1.OB(O)c1ccc(Cl)c(Cl)c1. The van der Waals surface area contributed by atoms with Crippen LogP contribution in [0, 0.1) is 0 Å². The topological polar surface area (TPSA) is 80.9 Å². The van der Waals surface area contributed by atoms with Gasteiger partial charge in [0.25, 0.3) is 0 Å². The Morgan fingerprint density at radius 1 is 0.591 bits per heavy atom. The normalized spacial score (nSPS) is 9.82. The molecule has 0 aromatic heterocycles. The highest BCUT2D eigenvalue weighted by atomic mass is 35.5. The van der Waals surface area contributed by atoms with E-state index in [1.165, 1.54) is 36.4 Å². The fourth-order valence-electron chi connectivity index (χ4n) is 1.40. The molecular formula is C12H10B2Cl4O4. The monoisotopic (exact) mass is 380 g/mol. The third-order valence-corrected chi connectivity index (χ3v) is 3.60. The molecule has 0 unspecified atom stereocenters. The van der Waals surface area contributed by atoms with Crippen molar-refractivity contribution in [2.75, 3.05) is 0 Å². The van der Waals surface area contributed by atoms with E-state index >= 15 is 0 Å². The van der Waals surface area contributed by atoms with Gasteiger partial charge in [0.1, 0.15) is 0 Å². The fraction of sp³-hybridized carbons (Fsp3) is 0. The van der Waals surface area contributed by atoms with Gasteiger partial charge in [-0.2, -0.15) is 0 Å². The first-order valence-corrected chi connectivity index (χ1v) is 7.35. The number of hydrogen-bond acceptors (Lipinski definition) is 4. The van der Waals surface area contributed by atoms with Gasteiger partial charge >= 0.3 is 14.2 Å². The number of benzene rings is 2. The first-order chi connectivity index (χ1) is 10.2. The average molecular weight is 382 g/mol. The summed E-state index contributed by atoms with van der Waals surface area (Å²) >= 11 is 22.4. The molecule has 4 N–H and O–H groups in total. The Kier molecular flexibility index (Phi) is 8.03. The lowest BCUT2D eigenvalue weighted by Gasteiger charge is -2.00. The van der Waals surface area contributed by atoms with Gasteiger partial charge in [-0.25, -0.2) is 0 Å². The fourth-order valence-corrected chi connectivity index (χ4v) is 2.25. The minimum absolute atomic E-state index is 0.294. The molecule has 0 aliphatic rings. The minimum atomic E-state index is -1.52. The molecular weight excluding hydrogens is 372 g/mol. The molecule has 0 heterocycles. The highest BCUT2D eigenvalue weighted by molar-refractivity contribution is 6.59. The Balaban J connectivity index is 0.000000220. The number of halogens is 4. The Labute approximate surface area is 148 Å². The summed E-state index contributed by atoms with van der Waals surface area (Å²) in [6, 6.07) is 8.83. The van der Waals surface area contributed by atoms with E-state index in [4.69, 9.17) is 66.5 Å². The van der Waals surface area contributed by atoms with E-state index in [0.717, 1.165) is 0 Å². The molecule has 0 atom stereocenters. The van der Waals surface area contributed by atoms with Crippen molar-refractivity contribution in [2.45, 2.75) is 0 Å². The zero-order valence-electron chi connectivity index (χ0n) is 10.9. The smallest absolute Gasteiger partial charge is 0.423 e. The van der Waals surface area contributed by atoms with Crippen LogP contribution in [0.5, 0.6) is 0 Å². The van der Waals surface area contributed by atoms with Gasteiger partial charge in [-0.3, -0.25) is 0 Å². The number of rotatable bonds is 2. The van der Waals surface area contributed by atoms with Crippen LogP contribution in [0.4, 0.5) is 0 Å². The van der Waals surface area contributed by atoms with Crippen LogP contribution in [0.3, 0.4) is 0 Å². The van der Waals surface area contributed by atoms with Crippen molar-refractivity contribution >= 4 is 71.6 Å². The van der Waals surface area contributed by atoms with Crippen molar-refractivity contribution in [3.05, 3.63) is 56.5 Å². The zero-order valence-corrected chi connectivity index (χ0v) is 13.9. The lowest BCUT2D eigenvalue weighted by atomic mass is 9.80. The minimum Gasteiger partial charge on any atom is -0.423 e. The Bertz CT molecular complexity index is 620. The largest absolute Gasteiger partial charge is 0.488 e. The van der Waals surface area contributed by atoms with Crippen LogP contribution in [0.15, 0.2) is 36.4 Å². The van der Waals surface area contributed by atoms with Crippen LogP contribution in [0.1, 0.15) is 0 Å². The van der Waals surface area contributed by atoms with Gasteiger partial charge in [-0.05, 0) is 41.3 Å². The second kappa shape index (κ2) is 9.01. The maximum absolute atomic E-state index is 8.71. The van der Waals surface area contributed by atoms with Gasteiger partial charge in [-0.1, -0.05) is 52.5 Å². The first kappa shape index (κ1) is 19.6. The average Bonchev–Trinajstić information content (AvgIpc) is 2.41. The van der Waals surface area contributed by atoms with Crippen molar-refractivity contribution in [3.63, 3.8) is 0 Å². The van der Waals surface area contributed by atoms with Crippen molar-refractivity contribution < 1.29 is 20.1 Å². The maximum Gasteiger partial charge on any atom is 0.488 e. The van der Waals surface area contributed by atoms with Gasteiger partial charge in [0.2, 0.25) is 0 Å². The molecule has 0 saturated carbocycles. The van der Waals surface area contributed by atoms with E-state index in [1.54, 1.807) is 0 Å². The molecule has 22 heavy (non-hydrogen) atoms. The van der Waals surface area contributed by atoms with E-state index in [1.807, 2.05) is 0 Å². The summed E-state index contributed by atoms with van der Waals surface area (Å²) in [6.45, 7) is 0. The quantitative estimate of drug-likeness (QED) is 0.592. The number of hydrogen-bond donors (Lipinski definition) is 4. The van der Waals surface area contributed by atoms with Crippen molar-refractivity contribution in [1.29, 1.82) is 0 Å². The second-order valence-corrected chi connectivity index (χ2v) is 5.81. The van der Waals surface area contributed by atoms with Crippen LogP contribution in [0.2, 0.25) is 20.1 Å². The van der Waals surface area contributed by atoms with Crippen molar-refractivity contribution in [2.24, 2.45) is 0 Å². The van der Waals surface area contributed by atoms with Gasteiger partial charge < -0.3 is 20.1 Å². The molecule has 4 nitrogen and oxygen atoms in total. The summed E-state index contributed by atoms with van der Waals surface area (Å²) in [5.74, 6) is 0. The van der Waals surface area contributed by atoms with Gasteiger partial charge in [-0.15, -0.1) is 0 Å². The van der Waals surface area contributed by atoms with E-state index in [2.05, 4.69) is 0 Å². The van der Waals surface area contributed by atoms with Gasteiger partial charge in [0.05, 0.1) is 10.0 Å². The van der Waals surface area contributed by atoms with Crippen molar-refractivity contribution in [3.8, 4) is 0 Å². The molecule has 2 aromatic carbocycles. The third kappa shape index (κ3) is 6.36. The molecule has 0 aliphatic heterocycles. The van der Waals surface area contributed by atoms with Gasteiger partial charge in [0.15, 0.2) is 0 Å². The molecule has 0 spiro atoms. The van der Waals surface area contributed by atoms with Crippen LogP contribution < -0.4 is 10.9 Å². The summed E-state index contributed by atoms with van der Waals surface area (Å²) in [5.41, 5.74) is 0.627. The Morgan fingerprint density at radius 3 is 1.50 bits per heavy atom. The molecule has 2 rings (SSSR count). The molecule has 0 saturated heterocycles. The van der Waals surface area contributed by atoms with E-state index in [0.29, 0.717) is 31.0 Å². The molecule has 116 valence electrons. The van der Waals surface area contributed by atoms with Crippen LogP contribution in [0.25, 0.3) is 0 Å². The summed E-state index contributed by atoms with van der Waals surface area (Å²) in [5, 5.41) is 36.3. The van der Waals surface area contributed by atoms with Crippen LogP contribution in [-0.4, -0.2) is 34.3 Å². The lowest BCUT2D eigenvalue weighted by molar-refractivity contribution is 0.424. The summed E-state index contributed by atoms with van der Waals surface area (Å²) in [4.78, 5) is 0. The molecule has 2 aromatic rings. The summed E-state index contributed by atoms with van der Waals surface area (Å²) in [7, 11) is -3.02. The molecule has 0 fully saturated rings. The predicted molar refractivity (Wildman–Crippen MR) is 92.6 cm³/mol. The van der Waals surface area contributed by atoms with Crippen LogP contribution in [-0.2, 0) is 0 Å². The maximum atomic E-state index is 8.71. The van der Waals surface area contributed by atoms with Crippen molar-refractivity contribution in [1.82, 2.24) is 0 Å². The standard InChI is InChI=1S/2C6H5BCl2O2/c8-5-1-4(7(10)11)2-6(9)3-5;8-5-2-1-4(7(10)11)3-6(5)9/h2*1-3,10-11H. The van der Waals surface area contributed by atoms with E-state index in [-0.39, 0.29) is 0 Å². The Morgan fingerprint density at radius 2 is 1.09 bits per heavy atom. The lowest BCUT2D eigenvalue weighted by Crippen LogP contribution is -2.29. The highest BCUT2D eigenvalue weighted by Crippen LogP contribution is 2.19. The predicted octanol–water partition coefficient (Wildman–Crippen LogP) is 1.35. The second-order valence-electron chi connectivity index (χ2n) is 4.12. The molecule has 0 aliphatic carbocycles. The molecule has 10 heteroatoms. The highest BCUT2D eigenvalue weighted by Gasteiger charge is 2.12. The third-order valence-electron chi connectivity index (χ3n) is 2.42. The summed E-state index contributed by atoms with van der Waals surface area (Å²) < 4.78 is 0. The molecule has 0 amide bonds. The van der Waals surface area contributed by atoms with E-state index < -0.39 is 14.2 Å².